The van der Waals surface area contributed by atoms with Gasteiger partial charge in [0.25, 0.3) is 0 Å². The van der Waals surface area contributed by atoms with Crippen LogP contribution < -0.4 is 9.47 Å². The van der Waals surface area contributed by atoms with E-state index in [-0.39, 0.29) is 28.4 Å². The van der Waals surface area contributed by atoms with Gasteiger partial charge in [-0.3, -0.25) is 0 Å². The van der Waals surface area contributed by atoms with Crippen LogP contribution in [-0.2, 0) is 23.7 Å². The van der Waals surface area contributed by atoms with Gasteiger partial charge >= 0.3 is 0 Å². The second kappa shape index (κ2) is 15.4. The highest BCUT2D eigenvalue weighted by Crippen LogP contribution is 2.46. The van der Waals surface area contributed by atoms with Crippen molar-refractivity contribution in [3.8, 4) is 28.7 Å². The molecule has 15 unspecified atom stereocenters. The van der Waals surface area contributed by atoms with Crippen LogP contribution >= 0.6 is 0 Å². The van der Waals surface area contributed by atoms with E-state index in [1.54, 1.807) is 0 Å². The molecule has 6 rings (SSSR count). The molecule has 288 valence electrons. The molecule has 20 nitrogen and oxygen atoms in total. The van der Waals surface area contributed by atoms with Gasteiger partial charge in [0.15, 0.2) is 30.0 Å². The molecule has 0 bridgehead atoms. The third kappa shape index (κ3) is 7.31. The molecular weight excluding hydrogens is 704 g/mol. The molecular formula is C32H40O20. The second-order valence-electron chi connectivity index (χ2n) is 12.6. The van der Waals surface area contributed by atoms with Crippen molar-refractivity contribution in [3.05, 3.63) is 47.2 Å². The first kappa shape index (κ1) is 38.2. The zero-order valence-corrected chi connectivity index (χ0v) is 26.9. The Morgan fingerprint density at radius 1 is 0.654 bits per heavy atom. The molecule has 2 aromatic rings. The molecule has 0 saturated carbocycles. The van der Waals surface area contributed by atoms with E-state index >= 15 is 0 Å². The smallest absolute Gasteiger partial charge is 0.229 e. The third-order valence-corrected chi connectivity index (χ3v) is 9.09. The quantitative estimate of drug-likeness (QED) is 0.108. The fraction of sp³-hybridized carbons (Fsp3) is 0.562. The first-order valence-corrected chi connectivity index (χ1v) is 16.1. The Kier molecular flexibility index (Phi) is 11.3. The number of benzene rings is 2. The Morgan fingerprint density at radius 3 is 1.98 bits per heavy atom. The lowest BCUT2D eigenvalue weighted by atomic mass is 9.97. The summed E-state index contributed by atoms with van der Waals surface area (Å²) in [6.45, 7) is -2.05. The van der Waals surface area contributed by atoms with Crippen LogP contribution in [0.15, 0.2) is 36.1 Å². The van der Waals surface area contributed by atoms with Gasteiger partial charge in [-0.05, 0) is 18.2 Å². The van der Waals surface area contributed by atoms with Crippen LogP contribution in [0.25, 0.3) is 6.08 Å². The molecule has 0 spiro atoms. The Bertz CT molecular complexity index is 1590. The van der Waals surface area contributed by atoms with Crippen molar-refractivity contribution >= 4 is 6.08 Å². The number of aromatic hydroxyl groups is 3. The lowest BCUT2D eigenvalue weighted by Crippen LogP contribution is -2.63. The molecule has 0 amide bonds. The number of rotatable bonds is 9. The molecule has 3 saturated heterocycles. The third-order valence-electron chi connectivity index (χ3n) is 9.09. The minimum absolute atomic E-state index is 0.000254. The van der Waals surface area contributed by atoms with Gasteiger partial charge in [-0.1, -0.05) is 6.07 Å². The predicted molar refractivity (Wildman–Crippen MR) is 165 cm³/mol. The van der Waals surface area contributed by atoms with Gasteiger partial charge in [-0.2, -0.15) is 0 Å². The molecule has 4 aliphatic heterocycles. The summed E-state index contributed by atoms with van der Waals surface area (Å²) in [6, 6.07) is 5.86. The van der Waals surface area contributed by atoms with E-state index in [2.05, 4.69) is 0 Å². The maximum atomic E-state index is 11.1. The SMILES string of the molecule is OCC1OC(Oc2cc(O)cc3c2C=C(OC2OC(CO)C(O)C(O)C2OC2OCC(O)C(O)C2O)C(c2ccc(O)c(O)c2)O3)C(O)C(O)C1O. The maximum Gasteiger partial charge on any atom is 0.229 e. The number of aliphatic hydroxyl groups excluding tert-OH is 10. The first-order valence-electron chi connectivity index (χ1n) is 16.1. The Balaban J connectivity index is 1.39. The van der Waals surface area contributed by atoms with E-state index in [4.69, 9.17) is 33.2 Å². The largest absolute Gasteiger partial charge is 0.508 e. The van der Waals surface area contributed by atoms with E-state index in [1.165, 1.54) is 18.2 Å². The average Bonchev–Trinajstić information content (AvgIpc) is 3.12. The molecule has 52 heavy (non-hydrogen) atoms. The zero-order valence-electron chi connectivity index (χ0n) is 26.9. The molecule has 0 aliphatic carbocycles. The summed E-state index contributed by atoms with van der Waals surface area (Å²) in [5, 5.41) is 134. The minimum atomic E-state index is -1.88. The summed E-state index contributed by atoms with van der Waals surface area (Å²) in [6.07, 6.45) is -23.8. The summed E-state index contributed by atoms with van der Waals surface area (Å²) >= 11 is 0. The molecule has 4 aliphatic rings. The highest BCUT2D eigenvalue weighted by atomic mass is 16.8. The van der Waals surface area contributed by atoms with Crippen molar-refractivity contribution in [2.24, 2.45) is 0 Å². The Hall–Kier alpha value is -3.58. The Morgan fingerprint density at radius 2 is 1.31 bits per heavy atom. The van der Waals surface area contributed by atoms with Crippen LogP contribution in [0.4, 0.5) is 0 Å². The van der Waals surface area contributed by atoms with Crippen molar-refractivity contribution < 1.29 is 99.5 Å². The van der Waals surface area contributed by atoms with Crippen LogP contribution in [0, 0.1) is 0 Å². The van der Waals surface area contributed by atoms with Gasteiger partial charge in [0, 0.05) is 17.7 Å². The van der Waals surface area contributed by atoms with Crippen LogP contribution in [0.1, 0.15) is 17.2 Å². The number of aliphatic hydroxyl groups is 10. The molecule has 13 N–H and O–H groups in total. The summed E-state index contributed by atoms with van der Waals surface area (Å²) in [5.41, 5.74) is 0.141. The molecule has 0 radical (unpaired) electrons. The topological polar surface area (TPSA) is 328 Å². The van der Waals surface area contributed by atoms with Crippen LogP contribution in [0.5, 0.6) is 28.7 Å². The molecule has 20 heteroatoms. The van der Waals surface area contributed by atoms with Gasteiger partial charge < -0.3 is 99.5 Å². The molecule has 2 aromatic carbocycles. The minimum Gasteiger partial charge on any atom is -0.508 e. The standard InChI is InChI=1S/C32H40O20/c33-7-19-22(40)24(42)27(45)31(50-19)48-17-5-11(35)4-16-12(17)6-18(28(47-16)10-1-2-13(36)14(37)3-10)49-32-29(25(43)23(41)20(8-34)51-32)52-30-26(44)21(39)15(38)9-46-30/h1-6,15,19-45H,7-9H2. The van der Waals surface area contributed by atoms with E-state index < -0.39 is 129 Å². The summed E-state index contributed by atoms with van der Waals surface area (Å²) in [4.78, 5) is 0. The van der Waals surface area contributed by atoms with Crippen molar-refractivity contribution in [1.29, 1.82) is 0 Å². The first-order chi connectivity index (χ1) is 24.7. The van der Waals surface area contributed by atoms with Gasteiger partial charge in [-0.15, -0.1) is 0 Å². The fourth-order valence-electron chi connectivity index (χ4n) is 6.13. The number of hydrogen-bond acceptors (Lipinski definition) is 20. The van der Waals surface area contributed by atoms with Crippen molar-refractivity contribution in [2.45, 2.75) is 92.1 Å². The molecule has 3 fully saturated rings. The summed E-state index contributed by atoms with van der Waals surface area (Å²) in [5.74, 6) is -2.02. The van der Waals surface area contributed by atoms with Gasteiger partial charge in [0.05, 0.1) is 25.4 Å². The predicted octanol–water partition coefficient (Wildman–Crippen LogP) is -4.26. The number of phenols is 3. The van der Waals surface area contributed by atoms with Gasteiger partial charge in [0.2, 0.25) is 12.6 Å². The molecule has 0 aromatic heterocycles. The monoisotopic (exact) mass is 744 g/mol. The lowest BCUT2D eigenvalue weighted by Gasteiger charge is -2.45. The maximum absolute atomic E-state index is 11.1. The molecule has 15 atom stereocenters. The Labute approximate surface area is 293 Å². The molecule has 4 heterocycles. The number of ether oxygens (including phenoxy) is 7. The van der Waals surface area contributed by atoms with E-state index in [9.17, 15) is 66.4 Å². The number of hydrogen-bond donors (Lipinski definition) is 13. The summed E-state index contributed by atoms with van der Waals surface area (Å²) in [7, 11) is 0. The van der Waals surface area contributed by atoms with E-state index in [1.807, 2.05) is 0 Å². The highest BCUT2D eigenvalue weighted by Gasteiger charge is 2.51. The van der Waals surface area contributed by atoms with E-state index in [0.29, 0.717) is 0 Å². The highest BCUT2D eigenvalue weighted by molar-refractivity contribution is 5.70. The number of phenolic OH excluding ortho intramolecular Hbond substituents is 3. The fourth-order valence-corrected chi connectivity index (χ4v) is 6.13. The zero-order chi connectivity index (χ0) is 37.6. The second-order valence-corrected chi connectivity index (χ2v) is 12.6. The van der Waals surface area contributed by atoms with Gasteiger partial charge in [-0.25, -0.2) is 0 Å². The average molecular weight is 745 g/mol. The lowest BCUT2D eigenvalue weighted by molar-refractivity contribution is -0.352. The van der Waals surface area contributed by atoms with E-state index in [0.717, 1.165) is 18.2 Å². The summed E-state index contributed by atoms with van der Waals surface area (Å²) < 4.78 is 40.4. The van der Waals surface area contributed by atoms with Gasteiger partial charge in [0.1, 0.15) is 84.0 Å². The van der Waals surface area contributed by atoms with Crippen molar-refractivity contribution in [1.82, 2.24) is 0 Å². The van der Waals surface area contributed by atoms with Crippen LogP contribution in [0.2, 0.25) is 0 Å². The van der Waals surface area contributed by atoms with Crippen LogP contribution in [0.3, 0.4) is 0 Å². The van der Waals surface area contributed by atoms with Crippen molar-refractivity contribution in [2.75, 3.05) is 19.8 Å². The number of fused-ring (bicyclic) bond motifs is 1. The van der Waals surface area contributed by atoms with Crippen LogP contribution in [-0.4, -0.2) is 172 Å². The van der Waals surface area contributed by atoms with Crippen molar-refractivity contribution in [3.63, 3.8) is 0 Å². The normalized spacial score (nSPS) is 39.2.